The maximum absolute atomic E-state index is 8.76. The first kappa shape index (κ1) is 13.8. The summed E-state index contributed by atoms with van der Waals surface area (Å²) in [6.07, 6.45) is 2.71. The minimum Gasteiger partial charge on any atom is -0.385 e. The third-order valence-corrected chi connectivity index (χ3v) is 3.63. The number of fused-ring (bicyclic) bond motifs is 1. The van der Waals surface area contributed by atoms with Crippen LogP contribution in [0.4, 0.5) is 11.4 Å². The van der Waals surface area contributed by atoms with E-state index in [-0.39, 0.29) is 0 Å². The Morgan fingerprint density at radius 3 is 3.11 bits per heavy atom. The Morgan fingerprint density at radius 1 is 1.53 bits per heavy atom. The highest BCUT2D eigenvalue weighted by Gasteiger charge is 2.14. The number of nitrogens with zero attached hydrogens (tertiary/aromatic N) is 2. The van der Waals surface area contributed by atoms with Crippen LogP contribution in [-0.2, 0) is 6.42 Å². The predicted molar refractivity (Wildman–Crippen MR) is 80.7 cm³/mol. The number of alkyl halides is 1. The van der Waals surface area contributed by atoms with Crippen LogP contribution in [0.3, 0.4) is 0 Å². The van der Waals surface area contributed by atoms with E-state index in [2.05, 4.69) is 36.2 Å². The highest BCUT2D eigenvalue weighted by molar-refractivity contribution is 6.19. The zero-order chi connectivity index (χ0) is 13.7. The summed E-state index contributed by atoms with van der Waals surface area (Å²) in [6.45, 7) is 5.66. The molecule has 1 aromatic rings. The van der Waals surface area contributed by atoms with Gasteiger partial charge in [0.15, 0.2) is 0 Å². The first-order valence-corrected chi connectivity index (χ1v) is 7.04. The highest BCUT2D eigenvalue weighted by atomic mass is 35.5. The summed E-state index contributed by atoms with van der Waals surface area (Å²) in [5.41, 5.74) is 4.45. The zero-order valence-corrected chi connectivity index (χ0v) is 11.7. The molecule has 1 heterocycles. The molecule has 100 valence electrons. The molecule has 2 rings (SSSR count). The van der Waals surface area contributed by atoms with E-state index in [1.807, 2.05) is 4.90 Å². The van der Waals surface area contributed by atoms with Crippen molar-refractivity contribution in [2.24, 2.45) is 0 Å². The van der Waals surface area contributed by atoms with Gasteiger partial charge >= 0.3 is 0 Å². The van der Waals surface area contributed by atoms with E-state index in [9.17, 15) is 0 Å². The number of hydrogen-bond donors (Lipinski definition) is 1. The smallest absolute Gasteiger partial charge is 0.0640 e. The molecule has 0 amide bonds. The molecular formula is C15H18ClN3. The van der Waals surface area contributed by atoms with Crippen molar-refractivity contribution >= 4 is 23.0 Å². The Morgan fingerprint density at radius 2 is 2.37 bits per heavy atom. The van der Waals surface area contributed by atoms with Gasteiger partial charge in [0, 0.05) is 30.2 Å². The molecule has 0 aromatic heterocycles. The van der Waals surface area contributed by atoms with Crippen LogP contribution in [0.25, 0.3) is 0 Å². The van der Waals surface area contributed by atoms with Crippen molar-refractivity contribution in [2.75, 3.05) is 29.2 Å². The molecular weight excluding hydrogens is 258 g/mol. The molecule has 0 saturated carbocycles. The number of allylic oxidation sites excluding steroid dienone is 1. The summed E-state index contributed by atoms with van der Waals surface area (Å²) in [4.78, 5) is 2.03. The second kappa shape index (κ2) is 6.49. The Bertz CT molecular complexity index is 505. The maximum Gasteiger partial charge on any atom is 0.0640 e. The number of nitrogens with one attached hydrogen (secondary N) is 1. The van der Waals surface area contributed by atoms with Crippen molar-refractivity contribution in [3.05, 3.63) is 36.0 Å². The quantitative estimate of drug-likeness (QED) is 0.836. The van der Waals surface area contributed by atoms with Gasteiger partial charge < -0.3 is 10.2 Å². The summed E-state index contributed by atoms with van der Waals surface area (Å²) in [5, 5.41) is 12.2. The summed E-state index contributed by atoms with van der Waals surface area (Å²) >= 11 is 5.88. The van der Waals surface area contributed by atoms with Crippen molar-refractivity contribution in [2.45, 2.75) is 19.3 Å². The number of hydrogen-bond acceptors (Lipinski definition) is 3. The van der Waals surface area contributed by atoms with Gasteiger partial charge in [-0.25, -0.2) is 0 Å². The van der Waals surface area contributed by atoms with E-state index in [0.717, 1.165) is 30.8 Å². The van der Waals surface area contributed by atoms with Crippen molar-refractivity contribution in [1.82, 2.24) is 0 Å². The molecule has 0 saturated heterocycles. The third-order valence-electron chi connectivity index (χ3n) is 3.32. The number of nitriles is 1. The van der Waals surface area contributed by atoms with Crippen LogP contribution >= 0.6 is 11.6 Å². The number of rotatable bonds is 5. The molecule has 0 radical (unpaired) electrons. The standard InChI is InChI=1S/C15H18ClN3/c1-12(11-16)19(9-3-7-17)14-5-6-15-13(10-14)4-2-8-18-15/h5-6,10,18H,1-4,8-9,11H2. The Kier molecular flexibility index (Phi) is 4.70. The van der Waals surface area contributed by atoms with Crippen LogP contribution in [0.15, 0.2) is 30.5 Å². The van der Waals surface area contributed by atoms with Crippen LogP contribution in [0, 0.1) is 11.3 Å². The lowest BCUT2D eigenvalue weighted by Gasteiger charge is -2.27. The van der Waals surface area contributed by atoms with Crippen LogP contribution in [0.2, 0.25) is 0 Å². The SMILES string of the molecule is C=C(CCl)N(CCC#N)c1ccc2c(c1)CCCN2. The molecule has 19 heavy (non-hydrogen) atoms. The van der Waals surface area contributed by atoms with Gasteiger partial charge in [-0.1, -0.05) is 6.58 Å². The van der Waals surface area contributed by atoms with Gasteiger partial charge in [0.2, 0.25) is 0 Å². The lowest BCUT2D eigenvalue weighted by molar-refractivity contribution is 0.827. The van der Waals surface area contributed by atoms with Crippen LogP contribution < -0.4 is 10.2 Å². The fourth-order valence-electron chi connectivity index (χ4n) is 2.33. The number of benzene rings is 1. The molecule has 0 spiro atoms. The summed E-state index contributed by atoms with van der Waals surface area (Å²) in [5.74, 6) is 0.376. The average Bonchev–Trinajstić information content (AvgIpc) is 2.47. The van der Waals surface area contributed by atoms with Gasteiger partial charge in [0.05, 0.1) is 18.4 Å². The van der Waals surface area contributed by atoms with E-state index in [4.69, 9.17) is 16.9 Å². The largest absolute Gasteiger partial charge is 0.385 e. The molecule has 1 aromatic carbocycles. The lowest BCUT2D eigenvalue weighted by Crippen LogP contribution is -2.24. The van der Waals surface area contributed by atoms with E-state index < -0.39 is 0 Å². The number of aryl methyl sites for hydroxylation is 1. The normalized spacial score (nSPS) is 13.1. The first-order chi connectivity index (χ1) is 9.26. The molecule has 0 fully saturated rings. The molecule has 1 aliphatic rings. The fraction of sp³-hybridized carbons (Fsp3) is 0.400. The van der Waals surface area contributed by atoms with Gasteiger partial charge in [0.1, 0.15) is 0 Å². The summed E-state index contributed by atoms with van der Waals surface area (Å²) in [7, 11) is 0. The van der Waals surface area contributed by atoms with Gasteiger partial charge in [0.25, 0.3) is 0 Å². The van der Waals surface area contributed by atoms with Gasteiger partial charge in [-0.05, 0) is 36.6 Å². The maximum atomic E-state index is 8.76. The molecule has 4 heteroatoms. The Balaban J connectivity index is 2.26. The summed E-state index contributed by atoms with van der Waals surface area (Å²) < 4.78 is 0. The molecule has 1 aliphatic heterocycles. The second-order valence-electron chi connectivity index (χ2n) is 4.63. The van der Waals surface area contributed by atoms with E-state index >= 15 is 0 Å². The van der Waals surface area contributed by atoms with Gasteiger partial charge in [-0.15, -0.1) is 11.6 Å². The van der Waals surface area contributed by atoms with Crippen molar-refractivity contribution < 1.29 is 0 Å². The fourth-order valence-corrected chi connectivity index (χ4v) is 2.48. The van der Waals surface area contributed by atoms with Crippen LogP contribution in [0.5, 0.6) is 0 Å². The predicted octanol–water partition coefficient (Wildman–Crippen LogP) is 3.52. The molecule has 0 unspecified atom stereocenters. The monoisotopic (exact) mass is 275 g/mol. The van der Waals surface area contributed by atoms with E-state index in [0.29, 0.717) is 18.8 Å². The lowest BCUT2D eigenvalue weighted by atomic mass is 10.0. The minimum atomic E-state index is 0.376. The molecule has 3 nitrogen and oxygen atoms in total. The molecule has 1 N–H and O–H groups in total. The minimum absolute atomic E-state index is 0.376. The van der Waals surface area contributed by atoms with E-state index in [1.165, 1.54) is 11.3 Å². The van der Waals surface area contributed by atoms with Crippen LogP contribution in [-0.4, -0.2) is 19.0 Å². The highest BCUT2D eigenvalue weighted by Crippen LogP contribution is 2.28. The zero-order valence-electron chi connectivity index (χ0n) is 11.0. The Hall–Kier alpha value is -1.66. The first-order valence-electron chi connectivity index (χ1n) is 6.51. The summed E-state index contributed by atoms with van der Waals surface area (Å²) in [6, 6.07) is 8.51. The number of anilines is 2. The van der Waals surface area contributed by atoms with Crippen molar-refractivity contribution in [3.63, 3.8) is 0 Å². The molecule has 0 atom stereocenters. The second-order valence-corrected chi connectivity index (χ2v) is 4.90. The third kappa shape index (κ3) is 3.21. The topological polar surface area (TPSA) is 39.1 Å². The number of halogens is 1. The van der Waals surface area contributed by atoms with Gasteiger partial charge in [-0.2, -0.15) is 5.26 Å². The van der Waals surface area contributed by atoms with Gasteiger partial charge in [-0.3, -0.25) is 0 Å². The molecule has 0 aliphatic carbocycles. The molecule has 0 bridgehead atoms. The van der Waals surface area contributed by atoms with E-state index in [1.54, 1.807) is 0 Å². The Labute approximate surface area is 119 Å². The average molecular weight is 276 g/mol. The van der Waals surface area contributed by atoms with Crippen LogP contribution in [0.1, 0.15) is 18.4 Å². The van der Waals surface area contributed by atoms with Crippen molar-refractivity contribution in [3.8, 4) is 6.07 Å². The van der Waals surface area contributed by atoms with Crippen molar-refractivity contribution in [1.29, 1.82) is 5.26 Å².